The van der Waals surface area contributed by atoms with Crippen molar-refractivity contribution in [3.05, 3.63) is 65.7 Å². The van der Waals surface area contributed by atoms with E-state index in [-0.39, 0.29) is 11.8 Å². The highest BCUT2D eigenvalue weighted by Crippen LogP contribution is 2.20. The van der Waals surface area contributed by atoms with Gasteiger partial charge in [-0.05, 0) is 29.7 Å². The predicted molar refractivity (Wildman–Crippen MR) is 111 cm³/mol. The van der Waals surface area contributed by atoms with Gasteiger partial charge >= 0.3 is 0 Å². The Kier molecular flexibility index (Phi) is 7.25. The van der Waals surface area contributed by atoms with Crippen molar-refractivity contribution in [2.24, 2.45) is 0 Å². The molecule has 2 aromatic rings. The number of hydrogen-bond acceptors (Lipinski definition) is 4. The molecule has 6 nitrogen and oxygen atoms in total. The van der Waals surface area contributed by atoms with Crippen LogP contribution in [0.4, 0.5) is 0 Å². The fourth-order valence-corrected chi connectivity index (χ4v) is 3.55. The van der Waals surface area contributed by atoms with Gasteiger partial charge in [-0.1, -0.05) is 42.5 Å². The zero-order valence-corrected chi connectivity index (χ0v) is 17.0. The van der Waals surface area contributed by atoms with Crippen molar-refractivity contribution in [3.63, 3.8) is 0 Å². The second kappa shape index (κ2) is 10.1. The molecule has 1 unspecified atom stereocenters. The lowest BCUT2D eigenvalue weighted by molar-refractivity contribution is -0.147. The van der Waals surface area contributed by atoms with Crippen molar-refractivity contribution in [1.29, 1.82) is 0 Å². The zero-order valence-electron chi connectivity index (χ0n) is 17.0. The van der Waals surface area contributed by atoms with Crippen LogP contribution >= 0.6 is 0 Å². The highest BCUT2D eigenvalue weighted by molar-refractivity contribution is 5.83. The molecule has 6 heteroatoms. The molecule has 1 fully saturated rings. The summed E-state index contributed by atoms with van der Waals surface area (Å²) in [6.45, 7) is 2.16. The fraction of sp³-hybridized carbons (Fsp3) is 0.391. The highest BCUT2D eigenvalue weighted by atomic mass is 16.5. The standard InChI is InChI=1S/C23H28N2O4/c1-28-20-11-8-18(9-12-20)10-13-21(26)24-14-16-25(17-15-24)23(27)22(29-2)19-6-4-3-5-7-19/h3-9,11-12,22H,10,13-17H2,1-2H3. The lowest BCUT2D eigenvalue weighted by atomic mass is 10.1. The summed E-state index contributed by atoms with van der Waals surface area (Å²) in [5, 5.41) is 0. The van der Waals surface area contributed by atoms with E-state index in [1.807, 2.05) is 59.5 Å². The number of carbonyl (C=O) groups excluding carboxylic acids is 2. The van der Waals surface area contributed by atoms with Gasteiger partial charge < -0.3 is 19.3 Å². The molecule has 3 rings (SSSR count). The van der Waals surface area contributed by atoms with Crippen LogP contribution in [0.3, 0.4) is 0 Å². The van der Waals surface area contributed by atoms with Gasteiger partial charge in [0.1, 0.15) is 5.75 Å². The summed E-state index contributed by atoms with van der Waals surface area (Å²) in [7, 11) is 3.19. The summed E-state index contributed by atoms with van der Waals surface area (Å²) in [6.07, 6.45) is 0.556. The molecule has 0 radical (unpaired) electrons. The Bertz CT molecular complexity index is 799. The number of benzene rings is 2. The molecular weight excluding hydrogens is 368 g/mol. The van der Waals surface area contributed by atoms with Gasteiger partial charge in [-0.15, -0.1) is 0 Å². The first kappa shape index (κ1) is 20.9. The fourth-order valence-electron chi connectivity index (χ4n) is 3.55. The van der Waals surface area contributed by atoms with E-state index in [4.69, 9.17) is 9.47 Å². The molecule has 0 saturated carbocycles. The smallest absolute Gasteiger partial charge is 0.256 e. The third-order valence-corrected chi connectivity index (χ3v) is 5.29. The maximum absolute atomic E-state index is 12.9. The van der Waals surface area contributed by atoms with Crippen LogP contribution in [-0.2, 0) is 20.7 Å². The molecular formula is C23H28N2O4. The average Bonchev–Trinajstić information content (AvgIpc) is 2.79. The Labute approximate surface area is 172 Å². The second-order valence-electron chi connectivity index (χ2n) is 7.08. The average molecular weight is 396 g/mol. The number of aryl methyl sites for hydroxylation is 1. The van der Waals surface area contributed by atoms with Gasteiger partial charge in [0.05, 0.1) is 7.11 Å². The van der Waals surface area contributed by atoms with Crippen LogP contribution in [-0.4, -0.2) is 62.0 Å². The molecule has 0 aromatic heterocycles. The van der Waals surface area contributed by atoms with Crippen molar-refractivity contribution in [2.75, 3.05) is 40.4 Å². The van der Waals surface area contributed by atoms with Gasteiger partial charge in [0, 0.05) is 39.7 Å². The molecule has 1 atom stereocenters. The van der Waals surface area contributed by atoms with Crippen molar-refractivity contribution < 1.29 is 19.1 Å². The van der Waals surface area contributed by atoms with Crippen LogP contribution < -0.4 is 4.74 Å². The van der Waals surface area contributed by atoms with E-state index in [2.05, 4.69) is 0 Å². The summed E-state index contributed by atoms with van der Waals surface area (Å²) >= 11 is 0. The van der Waals surface area contributed by atoms with Crippen molar-refractivity contribution in [3.8, 4) is 5.75 Å². The number of piperazine rings is 1. The van der Waals surface area contributed by atoms with Crippen molar-refractivity contribution >= 4 is 11.8 Å². The number of rotatable bonds is 7. The second-order valence-corrected chi connectivity index (χ2v) is 7.08. The number of carbonyl (C=O) groups is 2. The van der Waals surface area contributed by atoms with Crippen molar-refractivity contribution in [2.45, 2.75) is 18.9 Å². The first-order valence-electron chi connectivity index (χ1n) is 9.89. The van der Waals surface area contributed by atoms with E-state index >= 15 is 0 Å². The first-order chi connectivity index (χ1) is 14.1. The van der Waals surface area contributed by atoms with Gasteiger partial charge in [0.15, 0.2) is 6.10 Å². The van der Waals surface area contributed by atoms with Gasteiger partial charge in [-0.2, -0.15) is 0 Å². The van der Waals surface area contributed by atoms with E-state index in [0.29, 0.717) is 39.0 Å². The maximum atomic E-state index is 12.9. The molecule has 2 amide bonds. The lowest BCUT2D eigenvalue weighted by Crippen LogP contribution is -2.51. The highest BCUT2D eigenvalue weighted by Gasteiger charge is 2.29. The number of nitrogens with zero attached hydrogens (tertiary/aromatic N) is 2. The van der Waals surface area contributed by atoms with E-state index in [1.54, 1.807) is 19.1 Å². The Morgan fingerprint density at radius 2 is 1.52 bits per heavy atom. The van der Waals surface area contributed by atoms with Crippen LogP contribution in [0.2, 0.25) is 0 Å². The summed E-state index contributed by atoms with van der Waals surface area (Å²) in [5.41, 5.74) is 1.96. The van der Waals surface area contributed by atoms with Gasteiger partial charge in [-0.3, -0.25) is 9.59 Å². The third-order valence-electron chi connectivity index (χ3n) is 5.29. The minimum absolute atomic E-state index is 0.0518. The van der Waals surface area contributed by atoms with Gasteiger partial charge in [-0.25, -0.2) is 0 Å². The summed E-state index contributed by atoms with van der Waals surface area (Å²) in [6, 6.07) is 17.3. The number of methoxy groups -OCH3 is 2. The maximum Gasteiger partial charge on any atom is 0.256 e. The quantitative estimate of drug-likeness (QED) is 0.722. The Hall–Kier alpha value is -2.86. The monoisotopic (exact) mass is 396 g/mol. The molecule has 29 heavy (non-hydrogen) atoms. The number of ether oxygens (including phenoxy) is 2. The van der Waals surface area contributed by atoms with Crippen LogP contribution in [0.15, 0.2) is 54.6 Å². The van der Waals surface area contributed by atoms with Crippen LogP contribution in [0.1, 0.15) is 23.7 Å². The third kappa shape index (κ3) is 5.35. The summed E-state index contributed by atoms with van der Waals surface area (Å²) in [4.78, 5) is 29.0. The van der Waals surface area contributed by atoms with E-state index < -0.39 is 6.10 Å². The van der Waals surface area contributed by atoms with E-state index in [9.17, 15) is 9.59 Å². The van der Waals surface area contributed by atoms with E-state index in [1.165, 1.54) is 0 Å². The molecule has 2 aromatic carbocycles. The Balaban J connectivity index is 1.48. The molecule has 1 aliphatic heterocycles. The number of amides is 2. The minimum atomic E-state index is -0.603. The molecule has 154 valence electrons. The SMILES string of the molecule is COc1ccc(CCC(=O)N2CCN(C(=O)C(OC)c3ccccc3)CC2)cc1. The van der Waals surface area contributed by atoms with Crippen LogP contribution in [0.25, 0.3) is 0 Å². The molecule has 0 bridgehead atoms. The largest absolute Gasteiger partial charge is 0.497 e. The molecule has 1 saturated heterocycles. The summed E-state index contributed by atoms with van der Waals surface area (Å²) in [5.74, 6) is 0.883. The van der Waals surface area contributed by atoms with Crippen LogP contribution in [0, 0.1) is 0 Å². The minimum Gasteiger partial charge on any atom is -0.497 e. The van der Waals surface area contributed by atoms with Gasteiger partial charge in [0.2, 0.25) is 5.91 Å². The Morgan fingerprint density at radius 1 is 0.897 bits per heavy atom. The molecule has 1 heterocycles. The summed E-state index contributed by atoms with van der Waals surface area (Å²) < 4.78 is 10.6. The predicted octanol–water partition coefficient (Wildman–Crippen LogP) is 2.69. The lowest BCUT2D eigenvalue weighted by Gasteiger charge is -2.36. The van der Waals surface area contributed by atoms with Crippen LogP contribution in [0.5, 0.6) is 5.75 Å². The normalized spacial score (nSPS) is 15.1. The number of hydrogen-bond donors (Lipinski definition) is 0. The van der Waals surface area contributed by atoms with Gasteiger partial charge in [0.25, 0.3) is 5.91 Å². The van der Waals surface area contributed by atoms with E-state index in [0.717, 1.165) is 16.9 Å². The molecule has 1 aliphatic rings. The topological polar surface area (TPSA) is 59.1 Å². The molecule has 0 spiro atoms. The molecule has 0 N–H and O–H groups in total. The first-order valence-corrected chi connectivity index (χ1v) is 9.89. The zero-order chi connectivity index (χ0) is 20.6. The Morgan fingerprint density at radius 3 is 2.10 bits per heavy atom. The molecule has 0 aliphatic carbocycles. The van der Waals surface area contributed by atoms with Crippen molar-refractivity contribution in [1.82, 2.24) is 9.80 Å².